The van der Waals surface area contributed by atoms with E-state index < -0.39 is 0 Å². The Kier molecular flexibility index (Phi) is 3.43. The van der Waals surface area contributed by atoms with Crippen LogP contribution in [0.15, 0.2) is 0 Å². The molecule has 0 spiro atoms. The Morgan fingerprint density at radius 2 is 2.30 bits per heavy atom. The van der Waals surface area contributed by atoms with Gasteiger partial charge >= 0.3 is 0 Å². The number of alkyl halides is 1. The van der Waals surface area contributed by atoms with Crippen molar-refractivity contribution in [2.75, 3.05) is 13.6 Å². The van der Waals surface area contributed by atoms with Crippen LogP contribution in [0.3, 0.4) is 0 Å². The molecular weight excluding hydrogens is 237 g/mol. The molecule has 1 heterocycles. The van der Waals surface area contributed by atoms with Gasteiger partial charge in [-0.2, -0.15) is 0 Å². The van der Waals surface area contributed by atoms with Crippen molar-refractivity contribution in [2.24, 2.45) is 5.92 Å². The molecule has 1 fully saturated rings. The molecule has 0 saturated carbocycles. The zero-order chi connectivity index (χ0) is 7.56. The Bertz CT molecular complexity index is 95.4. The van der Waals surface area contributed by atoms with Gasteiger partial charge in [0, 0.05) is 6.54 Å². The fraction of sp³-hybridized carbons (Fsp3) is 1.00. The van der Waals surface area contributed by atoms with Gasteiger partial charge in [-0.1, -0.05) is 35.9 Å². The molecule has 60 valence electrons. The van der Waals surface area contributed by atoms with Crippen molar-refractivity contribution in [3.05, 3.63) is 0 Å². The maximum atomic E-state index is 2.54. The van der Waals surface area contributed by atoms with E-state index >= 15 is 0 Å². The first kappa shape index (κ1) is 8.78. The molecule has 0 aromatic rings. The molecule has 2 heteroatoms. The molecule has 1 aliphatic heterocycles. The average Bonchev–Trinajstić information content (AvgIpc) is 2.14. The Hall–Kier alpha value is 0.690. The van der Waals surface area contributed by atoms with E-state index in [-0.39, 0.29) is 0 Å². The second-order valence-electron chi connectivity index (χ2n) is 3.26. The maximum Gasteiger partial charge on any atom is 0.0619 e. The molecule has 0 radical (unpaired) electrons. The zero-order valence-electron chi connectivity index (χ0n) is 6.81. The fourth-order valence-corrected chi connectivity index (χ4v) is 2.62. The van der Waals surface area contributed by atoms with Crippen molar-refractivity contribution in [2.45, 2.75) is 30.2 Å². The third kappa shape index (κ3) is 2.09. The summed E-state index contributed by atoms with van der Waals surface area (Å²) >= 11 is 2.54. The van der Waals surface area contributed by atoms with Gasteiger partial charge in [-0.05, 0) is 25.8 Å². The molecule has 0 amide bonds. The lowest BCUT2D eigenvalue weighted by Crippen LogP contribution is -2.19. The fourth-order valence-electron chi connectivity index (χ4n) is 1.67. The van der Waals surface area contributed by atoms with Crippen LogP contribution in [-0.2, 0) is 0 Å². The number of likely N-dealkylation sites (tertiary alicyclic amines) is 1. The topological polar surface area (TPSA) is 3.24 Å². The second kappa shape index (κ2) is 3.90. The van der Waals surface area contributed by atoms with Crippen molar-refractivity contribution < 1.29 is 0 Å². The van der Waals surface area contributed by atoms with Crippen LogP contribution in [0.2, 0.25) is 0 Å². The minimum atomic E-state index is 0.800. The predicted octanol–water partition coefficient (Wildman–Crippen LogP) is 2.50. The number of nitrogens with zero attached hydrogens (tertiary/aromatic N) is 1. The summed E-state index contributed by atoms with van der Waals surface area (Å²) < 4.78 is 0.800. The Morgan fingerprint density at radius 3 is 2.70 bits per heavy atom. The van der Waals surface area contributed by atoms with Gasteiger partial charge < -0.3 is 0 Å². The standard InChI is InChI=1S/C8H16IN/c1-3-4-7-5-8(9)10(2)6-7/h7-8H,3-6H2,1-2H3/t7-,8+/m1/s1. The van der Waals surface area contributed by atoms with E-state index in [1.165, 1.54) is 25.8 Å². The van der Waals surface area contributed by atoms with Gasteiger partial charge in [0.05, 0.1) is 4.05 Å². The minimum absolute atomic E-state index is 0.800. The van der Waals surface area contributed by atoms with Crippen molar-refractivity contribution in [1.82, 2.24) is 4.90 Å². The van der Waals surface area contributed by atoms with Crippen LogP contribution in [0.5, 0.6) is 0 Å². The van der Waals surface area contributed by atoms with E-state index in [0.717, 1.165) is 9.97 Å². The first-order chi connectivity index (χ1) is 4.74. The lowest BCUT2D eigenvalue weighted by Gasteiger charge is -2.10. The Morgan fingerprint density at radius 1 is 1.60 bits per heavy atom. The van der Waals surface area contributed by atoms with E-state index in [1.54, 1.807) is 0 Å². The molecule has 10 heavy (non-hydrogen) atoms. The molecule has 2 atom stereocenters. The third-order valence-corrected chi connectivity index (χ3v) is 3.71. The van der Waals surface area contributed by atoms with E-state index in [0.29, 0.717) is 0 Å². The van der Waals surface area contributed by atoms with Gasteiger partial charge in [-0.25, -0.2) is 0 Å². The lowest BCUT2D eigenvalue weighted by molar-refractivity contribution is 0.378. The molecule has 0 unspecified atom stereocenters. The van der Waals surface area contributed by atoms with Gasteiger partial charge in [0.1, 0.15) is 0 Å². The predicted molar refractivity (Wildman–Crippen MR) is 53.5 cm³/mol. The quantitative estimate of drug-likeness (QED) is 0.415. The maximum absolute atomic E-state index is 2.54. The smallest absolute Gasteiger partial charge is 0.0619 e. The van der Waals surface area contributed by atoms with Crippen LogP contribution >= 0.6 is 22.6 Å². The Labute approximate surface area is 77.3 Å². The van der Waals surface area contributed by atoms with Crippen LogP contribution in [0.25, 0.3) is 0 Å². The summed E-state index contributed by atoms with van der Waals surface area (Å²) in [5.74, 6) is 0.983. The summed E-state index contributed by atoms with van der Waals surface area (Å²) in [4.78, 5) is 2.46. The van der Waals surface area contributed by atoms with Crippen molar-refractivity contribution in [1.29, 1.82) is 0 Å². The van der Waals surface area contributed by atoms with E-state index in [1.807, 2.05) is 0 Å². The number of hydrogen-bond donors (Lipinski definition) is 0. The first-order valence-corrected chi connectivity index (χ1v) is 5.33. The van der Waals surface area contributed by atoms with Gasteiger partial charge in [0.2, 0.25) is 0 Å². The Balaban J connectivity index is 2.27. The van der Waals surface area contributed by atoms with Gasteiger partial charge in [-0.3, -0.25) is 4.90 Å². The monoisotopic (exact) mass is 253 g/mol. The van der Waals surface area contributed by atoms with Gasteiger partial charge in [0.15, 0.2) is 0 Å². The largest absolute Gasteiger partial charge is 0.294 e. The minimum Gasteiger partial charge on any atom is -0.294 e. The lowest BCUT2D eigenvalue weighted by atomic mass is 10.0. The zero-order valence-corrected chi connectivity index (χ0v) is 8.97. The highest BCUT2D eigenvalue weighted by molar-refractivity contribution is 14.1. The van der Waals surface area contributed by atoms with E-state index in [2.05, 4.69) is 41.5 Å². The van der Waals surface area contributed by atoms with E-state index in [9.17, 15) is 0 Å². The summed E-state index contributed by atoms with van der Waals surface area (Å²) in [5, 5.41) is 0. The molecule has 0 aromatic heterocycles. The average molecular weight is 253 g/mol. The molecule has 0 bridgehead atoms. The summed E-state index contributed by atoms with van der Waals surface area (Å²) in [6.45, 7) is 3.60. The highest BCUT2D eigenvalue weighted by Crippen LogP contribution is 2.28. The molecule has 0 aromatic carbocycles. The van der Waals surface area contributed by atoms with Crippen LogP contribution in [0.4, 0.5) is 0 Å². The molecule has 0 aliphatic carbocycles. The number of halogens is 1. The summed E-state index contributed by atoms with van der Waals surface area (Å²) in [5.41, 5.74) is 0. The molecule has 1 aliphatic rings. The number of hydrogen-bond acceptors (Lipinski definition) is 1. The van der Waals surface area contributed by atoms with E-state index in [4.69, 9.17) is 0 Å². The van der Waals surface area contributed by atoms with Crippen LogP contribution < -0.4 is 0 Å². The summed E-state index contributed by atoms with van der Waals surface area (Å²) in [6, 6.07) is 0. The first-order valence-electron chi connectivity index (χ1n) is 4.08. The molecule has 1 nitrogen and oxygen atoms in total. The normalized spacial score (nSPS) is 35.1. The van der Waals surface area contributed by atoms with Crippen LogP contribution in [0, 0.1) is 5.92 Å². The second-order valence-corrected chi connectivity index (χ2v) is 4.70. The van der Waals surface area contributed by atoms with Crippen LogP contribution in [0.1, 0.15) is 26.2 Å². The van der Waals surface area contributed by atoms with Crippen molar-refractivity contribution in [3.63, 3.8) is 0 Å². The molecular formula is C8H16IN. The third-order valence-electron chi connectivity index (χ3n) is 2.25. The summed E-state index contributed by atoms with van der Waals surface area (Å²) in [6.07, 6.45) is 4.18. The van der Waals surface area contributed by atoms with Gasteiger partial charge in [0.25, 0.3) is 0 Å². The molecule has 0 N–H and O–H groups in total. The highest BCUT2D eigenvalue weighted by atomic mass is 127. The summed E-state index contributed by atoms with van der Waals surface area (Å²) in [7, 11) is 2.23. The molecule has 1 saturated heterocycles. The van der Waals surface area contributed by atoms with Crippen molar-refractivity contribution >= 4 is 22.6 Å². The highest BCUT2D eigenvalue weighted by Gasteiger charge is 2.25. The van der Waals surface area contributed by atoms with Crippen molar-refractivity contribution in [3.8, 4) is 0 Å². The van der Waals surface area contributed by atoms with Crippen LogP contribution in [-0.4, -0.2) is 22.5 Å². The van der Waals surface area contributed by atoms with Gasteiger partial charge in [-0.15, -0.1) is 0 Å². The SMILES string of the molecule is CCC[C@@H]1C[C@@H](I)N(C)C1. The molecule has 1 rings (SSSR count). The number of rotatable bonds is 2.